The first kappa shape index (κ1) is 17.5. The van der Waals surface area contributed by atoms with Gasteiger partial charge >= 0.3 is 0 Å². The predicted molar refractivity (Wildman–Crippen MR) is 81.3 cm³/mol. The summed E-state index contributed by atoms with van der Waals surface area (Å²) in [6, 6.07) is 10.4. The van der Waals surface area contributed by atoms with Gasteiger partial charge in [-0.15, -0.1) is 24.8 Å². The standard InChI is InChI=1S/C13H20N2O.2ClH/c1-14(12-5-3-2-4-6-12)9-10-15-8-7-13(16)11-15;;/h2-6,13,16H,7-11H2,1H3;2*1H. The van der Waals surface area contributed by atoms with Gasteiger partial charge in [0.05, 0.1) is 6.10 Å². The van der Waals surface area contributed by atoms with Crippen molar-refractivity contribution < 1.29 is 5.11 Å². The molecule has 1 heterocycles. The minimum Gasteiger partial charge on any atom is -0.392 e. The summed E-state index contributed by atoms with van der Waals surface area (Å²) in [6.07, 6.45) is 0.816. The average molecular weight is 293 g/mol. The number of rotatable bonds is 4. The summed E-state index contributed by atoms with van der Waals surface area (Å²) >= 11 is 0. The maximum atomic E-state index is 9.43. The van der Waals surface area contributed by atoms with Crippen molar-refractivity contribution in [3.05, 3.63) is 30.3 Å². The number of likely N-dealkylation sites (tertiary alicyclic amines) is 1. The Labute approximate surface area is 122 Å². The van der Waals surface area contributed by atoms with Crippen LogP contribution in [-0.2, 0) is 0 Å². The number of anilines is 1. The third kappa shape index (κ3) is 5.02. The molecule has 0 bridgehead atoms. The third-order valence-electron chi connectivity index (χ3n) is 3.20. The number of aliphatic hydroxyl groups excluding tert-OH is 1. The smallest absolute Gasteiger partial charge is 0.0679 e. The van der Waals surface area contributed by atoms with Crippen LogP contribution in [0.3, 0.4) is 0 Å². The summed E-state index contributed by atoms with van der Waals surface area (Å²) in [5, 5.41) is 9.43. The highest BCUT2D eigenvalue weighted by atomic mass is 35.5. The third-order valence-corrected chi connectivity index (χ3v) is 3.20. The molecule has 0 spiro atoms. The van der Waals surface area contributed by atoms with Crippen LogP contribution in [-0.4, -0.2) is 49.3 Å². The molecule has 3 nitrogen and oxygen atoms in total. The highest BCUT2D eigenvalue weighted by Gasteiger charge is 2.19. The number of benzene rings is 1. The Balaban J connectivity index is 0.00000144. The van der Waals surface area contributed by atoms with Crippen LogP contribution in [0.5, 0.6) is 0 Å². The van der Waals surface area contributed by atoms with Gasteiger partial charge in [-0.3, -0.25) is 4.90 Å². The average Bonchev–Trinajstić information content (AvgIpc) is 2.73. The van der Waals surface area contributed by atoms with Crippen molar-refractivity contribution in [1.82, 2.24) is 4.90 Å². The van der Waals surface area contributed by atoms with Crippen molar-refractivity contribution in [3.8, 4) is 0 Å². The minimum atomic E-state index is -0.109. The fraction of sp³-hybridized carbons (Fsp3) is 0.538. The van der Waals surface area contributed by atoms with E-state index in [-0.39, 0.29) is 30.9 Å². The fourth-order valence-corrected chi connectivity index (χ4v) is 2.12. The second-order valence-electron chi connectivity index (χ2n) is 4.50. The maximum absolute atomic E-state index is 9.43. The van der Waals surface area contributed by atoms with E-state index in [4.69, 9.17) is 0 Å². The molecule has 1 aliphatic rings. The van der Waals surface area contributed by atoms with Crippen LogP contribution in [0.2, 0.25) is 0 Å². The first-order chi connectivity index (χ1) is 7.75. The van der Waals surface area contributed by atoms with E-state index in [0.717, 1.165) is 32.6 Å². The molecule has 1 unspecified atom stereocenters. The van der Waals surface area contributed by atoms with E-state index in [0.29, 0.717) is 0 Å². The molecule has 0 aromatic heterocycles. The summed E-state index contributed by atoms with van der Waals surface area (Å²) in [5.41, 5.74) is 1.25. The van der Waals surface area contributed by atoms with Gasteiger partial charge in [0, 0.05) is 38.9 Å². The summed E-state index contributed by atoms with van der Waals surface area (Å²) in [6.45, 7) is 3.91. The van der Waals surface area contributed by atoms with Crippen LogP contribution >= 0.6 is 24.8 Å². The Bertz CT molecular complexity index is 324. The number of hydrogen-bond acceptors (Lipinski definition) is 3. The summed E-state index contributed by atoms with van der Waals surface area (Å²) in [7, 11) is 2.11. The van der Waals surface area contributed by atoms with E-state index >= 15 is 0 Å². The highest BCUT2D eigenvalue weighted by Crippen LogP contribution is 2.12. The van der Waals surface area contributed by atoms with Crippen LogP contribution in [0.4, 0.5) is 5.69 Å². The van der Waals surface area contributed by atoms with Gasteiger partial charge in [0.1, 0.15) is 0 Å². The van der Waals surface area contributed by atoms with Gasteiger partial charge in [-0.05, 0) is 18.6 Å². The molecule has 1 aromatic rings. The van der Waals surface area contributed by atoms with E-state index in [2.05, 4.69) is 41.1 Å². The lowest BCUT2D eigenvalue weighted by molar-refractivity contribution is 0.177. The van der Waals surface area contributed by atoms with Gasteiger partial charge in [-0.2, -0.15) is 0 Å². The molecule has 0 saturated carbocycles. The van der Waals surface area contributed by atoms with Crippen LogP contribution < -0.4 is 4.90 Å². The summed E-state index contributed by atoms with van der Waals surface area (Å²) in [4.78, 5) is 4.58. The fourth-order valence-electron chi connectivity index (χ4n) is 2.12. The molecule has 1 aliphatic heterocycles. The van der Waals surface area contributed by atoms with Crippen molar-refractivity contribution >= 4 is 30.5 Å². The number of β-amino-alcohol motifs (C(OH)–C–C–N with tert-alkyl or cyclic N) is 1. The molecule has 1 fully saturated rings. The highest BCUT2D eigenvalue weighted by molar-refractivity contribution is 5.85. The van der Waals surface area contributed by atoms with E-state index < -0.39 is 0 Å². The Morgan fingerprint density at radius 1 is 1.28 bits per heavy atom. The Morgan fingerprint density at radius 3 is 2.50 bits per heavy atom. The second kappa shape index (κ2) is 8.59. The van der Waals surface area contributed by atoms with Gasteiger partial charge in [-0.1, -0.05) is 18.2 Å². The molecular weight excluding hydrogens is 271 g/mol. The second-order valence-corrected chi connectivity index (χ2v) is 4.50. The predicted octanol–water partition coefficient (Wildman–Crippen LogP) is 2.03. The quantitative estimate of drug-likeness (QED) is 0.920. The maximum Gasteiger partial charge on any atom is 0.0679 e. The van der Waals surface area contributed by atoms with Gasteiger partial charge in [0.25, 0.3) is 0 Å². The van der Waals surface area contributed by atoms with E-state index in [1.54, 1.807) is 0 Å². The molecule has 18 heavy (non-hydrogen) atoms. The normalized spacial score (nSPS) is 18.9. The van der Waals surface area contributed by atoms with Gasteiger partial charge in [0.15, 0.2) is 0 Å². The van der Waals surface area contributed by atoms with Crippen molar-refractivity contribution in [1.29, 1.82) is 0 Å². The number of aliphatic hydroxyl groups is 1. The molecule has 1 atom stereocenters. The first-order valence-electron chi connectivity index (χ1n) is 5.92. The molecule has 0 aliphatic carbocycles. The lowest BCUT2D eigenvalue weighted by Crippen LogP contribution is -2.32. The molecule has 1 aromatic carbocycles. The monoisotopic (exact) mass is 292 g/mol. The van der Waals surface area contributed by atoms with Crippen molar-refractivity contribution in [2.75, 3.05) is 38.1 Å². The number of hydrogen-bond donors (Lipinski definition) is 1. The number of para-hydroxylation sites is 1. The van der Waals surface area contributed by atoms with Crippen molar-refractivity contribution in [3.63, 3.8) is 0 Å². The Kier molecular flexibility index (Phi) is 8.36. The molecule has 0 radical (unpaired) electrons. The molecule has 5 heteroatoms. The number of halogens is 2. The number of likely N-dealkylation sites (N-methyl/N-ethyl adjacent to an activating group) is 1. The first-order valence-corrected chi connectivity index (χ1v) is 5.92. The Morgan fingerprint density at radius 2 is 1.94 bits per heavy atom. The molecule has 2 rings (SSSR count). The van der Waals surface area contributed by atoms with Crippen LogP contribution in [0.15, 0.2) is 30.3 Å². The number of nitrogens with zero attached hydrogens (tertiary/aromatic N) is 2. The molecule has 1 N–H and O–H groups in total. The van der Waals surface area contributed by atoms with E-state index in [1.165, 1.54) is 5.69 Å². The lowest BCUT2D eigenvalue weighted by atomic mass is 10.3. The molecule has 104 valence electrons. The van der Waals surface area contributed by atoms with Gasteiger partial charge < -0.3 is 10.0 Å². The van der Waals surface area contributed by atoms with Crippen LogP contribution in [0, 0.1) is 0 Å². The van der Waals surface area contributed by atoms with E-state index in [1.807, 2.05) is 6.07 Å². The largest absolute Gasteiger partial charge is 0.392 e. The zero-order valence-electron chi connectivity index (χ0n) is 10.7. The van der Waals surface area contributed by atoms with Crippen LogP contribution in [0.25, 0.3) is 0 Å². The minimum absolute atomic E-state index is 0. The van der Waals surface area contributed by atoms with Gasteiger partial charge in [-0.25, -0.2) is 0 Å². The summed E-state index contributed by atoms with van der Waals surface area (Å²) < 4.78 is 0. The topological polar surface area (TPSA) is 26.7 Å². The van der Waals surface area contributed by atoms with Crippen molar-refractivity contribution in [2.45, 2.75) is 12.5 Å². The molecular formula is C13H22Cl2N2O. The zero-order valence-corrected chi connectivity index (χ0v) is 12.3. The molecule has 0 amide bonds. The Hall–Kier alpha value is -0.480. The SMILES string of the molecule is CN(CCN1CCC(O)C1)c1ccccc1.Cl.Cl. The lowest BCUT2D eigenvalue weighted by Gasteiger charge is -2.23. The van der Waals surface area contributed by atoms with Crippen LogP contribution in [0.1, 0.15) is 6.42 Å². The zero-order chi connectivity index (χ0) is 11.4. The van der Waals surface area contributed by atoms with Crippen molar-refractivity contribution in [2.24, 2.45) is 0 Å². The summed E-state index contributed by atoms with van der Waals surface area (Å²) in [5.74, 6) is 0. The molecule has 1 saturated heterocycles. The van der Waals surface area contributed by atoms with Gasteiger partial charge in [0.2, 0.25) is 0 Å². The van der Waals surface area contributed by atoms with E-state index in [9.17, 15) is 5.11 Å².